The van der Waals surface area contributed by atoms with Gasteiger partial charge in [0, 0.05) is 25.7 Å². The molecule has 0 fully saturated rings. The summed E-state index contributed by atoms with van der Waals surface area (Å²) in [6, 6.07) is 0. The van der Waals surface area contributed by atoms with Crippen LogP contribution in [0.4, 0.5) is 0 Å². The number of phosphoric acid groups is 2. The molecule has 0 aromatic rings. The molecular formula is C81H138O17P2. The third kappa shape index (κ3) is 71.8. The SMILES string of the molecule is CC/C=C\C/C=C\C/C=C\C/C=C\CCCCC(=O)OCC(COP(=O)(O)OCC(O)COP(=O)(O)OCC(COC(=O)CCCCCCCC/C=C\C/C=C\C/C=C\CCCCC)OC(=O)CCCCCCC/C=C\C/C=C\CCC)OC(=O)CCCCCCC/C=C\CCCCCC. The van der Waals surface area contributed by atoms with E-state index in [1.54, 1.807) is 0 Å². The van der Waals surface area contributed by atoms with E-state index in [0.717, 1.165) is 186 Å². The minimum atomic E-state index is -4.99. The summed E-state index contributed by atoms with van der Waals surface area (Å²) in [5.74, 6) is -2.26. The molecule has 3 N–H and O–H groups in total. The van der Waals surface area contributed by atoms with Gasteiger partial charge in [-0.3, -0.25) is 37.3 Å². The first-order valence-electron chi connectivity index (χ1n) is 38.8. The van der Waals surface area contributed by atoms with Gasteiger partial charge in [0.05, 0.1) is 26.4 Å². The maximum Gasteiger partial charge on any atom is 0.472 e. The summed E-state index contributed by atoms with van der Waals surface area (Å²) < 4.78 is 68.4. The molecular weight excluding hydrogens is 1310 g/mol. The van der Waals surface area contributed by atoms with Crippen LogP contribution in [0.1, 0.15) is 310 Å². The molecule has 5 atom stereocenters. The lowest BCUT2D eigenvalue weighted by atomic mass is 10.1. The van der Waals surface area contributed by atoms with Crippen LogP contribution in [-0.4, -0.2) is 96.7 Å². The fourth-order valence-electron chi connectivity index (χ4n) is 9.96. The number of phosphoric ester groups is 2. The van der Waals surface area contributed by atoms with Crippen LogP contribution in [0.15, 0.2) is 122 Å². The molecule has 0 aliphatic carbocycles. The van der Waals surface area contributed by atoms with Gasteiger partial charge in [0.25, 0.3) is 0 Å². The highest BCUT2D eigenvalue weighted by molar-refractivity contribution is 7.47. The van der Waals surface area contributed by atoms with Crippen LogP contribution < -0.4 is 0 Å². The zero-order valence-electron chi connectivity index (χ0n) is 62.6. The highest BCUT2D eigenvalue weighted by Crippen LogP contribution is 2.45. The van der Waals surface area contributed by atoms with Gasteiger partial charge in [-0.25, -0.2) is 9.13 Å². The van der Waals surface area contributed by atoms with E-state index in [2.05, 4.69) is 149 Å². The van der Waals surface area contributed by atoms with Gasteiger partial charge in [0.15, 0.2) is 12.2 Å². The maximum atomic E-state index is 13.1. The lowest BCUT2D eigenvalue weighted by molar-refractivity contribution is -0.161. The monoisotopic (exact) mass is 1440 g/mol. The fraction of sp³-hybridized carbons (Fsp3) is 0.704. The number of unbranched alkanes of at least 4 members (excludes halogenated alkanes) is 26. The van der Waals surface area contributed by atoms with Crippen LogP contribution in [-0.2, 0) is 65.4 Å². The van der Waals surface area contributed by atoms with Gasteiger partial charge in [-0.15, -0.1) is 0 Å². The van der Waals surface area contributed by atoms with Crippen LogP contribution in [0.2, 0.25) is 0 Å². The third-order valence-electron chi connectivity index (χ3n) is 15.9. The molecule has 0 aliphatic rings. The molecule has 0 amide bonds. The number of esters is 4. The molecule has 0 heterocycles. The van der Waals surface area contributed by atoms with Crippen molar-refractivity contribution in [1.82, 2.24) is 0 Å². The molecule has 0 saturated heterocycles. The topological polar surface area (TPSA) is 237 Å². The van der Waals surface area contributed by atoms with Crippen LogP contribution in [0.3, 0.4) is 0 Å². The minimum absolute atomic E-state index is 0.0727. The maximum absolute atomic E-state index is 13.1. The molecule has 17 nitrogen and oxygen atoms in total. The predicted octanol–water partition coefficient (Wildman–Crippen LogP) is 22.3. The first kappa shape index (κ1) is 95.5. The van der Waals surface area contributed by atoms with E-state index in [0.29, 0.717) is 25.7 Å². The molecule has 5 unspecified atom stereocenters. The van der Waals surface area contributed by atoms with Gasteiger partial charge in [-0.1, -0.05) is 252 Å². The number of ether oxygens (including phenoxy) is 4. The van der Waals surface area contributed by atoms with Gasteiger partial charge < -0.3 is 33.8 Å². The summed E-state index contributed by atoms with van der Waals surface area (Å²) in [4.78, 5) is 72.9. The molecule has 0 bridgehead atoms. The number of aliphatic hydroxyl groups excluding tert-OH is 1. The second kappa shape index (κ2) is 72.8. The number of carbonyl (C=O) groups excluding carboxylic acids is 4. The highest BCUT2D eigenvalue weighted by atomic mass is 31.2. The lowest BCUT2D eigenvalue weighted by Gasteiger charge is -2.21. The summed E-state index contributed by atoms with van der Waals surface area (Å²) in [6.45, 7) is 4.57. The number of allylic oxidation sites excluding steroid dienone is 20. The zero-order valence-corrected chi connectivity index (χ0v) is 64.4. The van der Waals surface area contributed by atoms with Crippen molar-refractivity contribution in [3.8, 4) is 0 Å². The van der Waals surface area contributed by atoms with Crippen LogP contribution in [0, 0.1) is 0 Å². The van der Waals surface area contributed by atoms with Crippen molar-refractivity contribution in [2.45, 2.75) is 329 Å². The Hall–Kier alpha value is -4.54. The Kier molecular flexibility index (Phi) is 69.5. The normalized spacial score (nSPS) is 14.6. The van der Waals surface area contributed by atoms with Crippen LogP contribution >= 0.6 is 15.6 Å². The Labute approximate surface area is 606 Å². The first-order chi connectivity index (χ1) is 48.7. The summed E-state index contributed by atoms with van der Waals surface area (Å²) in [6.07, 6.45) is 79.0. The Bertz CT molecular complexity index is 2370. The largest absolute Gasteiger partial charge is 0.472 e. The van der Waals surface area contributed by atoms with Crippen molar-refractivity contribution in [2.24, 2.45) is 0 Å². The predicted molar refractivity (Wildman–Crippen MR) is 408 cm³/mol. The van der Waals surface area contributed by atoms with E-state index in [9.17, 15) is 43.2 Å². The molecule has 0 radical (unpaired) electrons. The third-order valence-corrected chi connectivity index (χ3v) is 17.8. The number of hydrogen-bond acceptors (Lipinski definition) is 15. The van der Waals surface area contributed by atoms with Crippen molar-refractivity contribution in [1.29, 1.82) is 0 Å². The average molecular weight is 1450 g/mol. The molecule has 0 aromatic carbocycles. The van der Waals surface area contributed by atoms with Crippen LogP contribution in [0.25, 0.3) is 0 Å². The second-order valence-electron chi connectivity index (χ2n) is 25.6. The highest BCUT2D eigenvalue weighted by Gasteiger charge is 2.30. The molecule has 0 aliphatic heterocycles. The van der Waals surface area contributed by atoms with Gasteiger partial charge in [0.2, 0.25) is 0 Å². The van der Waals surface area contributed by atoms with E-state index < -0.39 is 97.5 Å². The molecule has 0 saturated carbocycles. The Morgan fingerprint density at radius 1 is 0.290 bits per heavy atom. The summed E-state index contributed by atoms with van der Waals surface area (Å²) in [5.41, 5.74) is 0. The van der Waals surface area contributed by atoms with E-state index in [1.807, 2.05) is 0 Å². The molecule has 0 aromatic heterocycles. The van der Waals surface area contributed by atoms with Crippen LogP contribution in [0.5, 0.6) is 0 Å². The Morgan fingerprint density at radius 2 is 0.540 bits per heavy atom. The fourth-order valence-corrected chi connectivity index (χ4v) is 11.5. The summed E-state index contributed by atoms with van der Waals surface area (Å²) >= 11 is 0. The van der Waals surface area contributed by atoms with Crippen molar-refractivity contribution in [3.63, 3.8) is 0 Å². The number of aliphatic hydroxyl groups is 1. The van der Waals surface area contributed by atoms with Gasteiger partial charge >= 0.3 is 39.5 Å². The van der Waals surface area contributed by atoms with Gasteiger partial charge in [0.1, 0.15) is 19.3 Å². The molecule has 0 rings (SSSR count). The number of rotatable bonds is 72. The van der Waals surface area contributed by atoms with E-state index in [1.165, 1.54) is 44.9 Å². The smallest absolute Gasteiger partial charge is 0.462 e. The number of carbonyl (C=O) groups is 4. The zero-order chi connectivity index (χ0) is 73.2. The second-order valence-corrected chi connectivity index (χ2v) is 28.5. The molecule has 0 spiro atoms. The quantitative estimate of drug-likeness (QED) is 0.0169. The van der Waals surface area contributed by atoms with Crippen molar-refractivity contribution in [3.05, 3.63) is 122 Å². The van der Waals surface area contributed by atoms with Crippen molar-refractivity contribution < 1.29 is 80.2 Å². The van der Waals surface area contributed by atoms with Crippen molar-refractivity contribution in [2.75, 3.05) is 39.6 Å². The van der Waals surface area contributed by atoms with Crippen molar-refractivity contribution >= 4 is 39.5 Å². The van der Waals surface area contributed by atoms with Gasteiger partial charge in [-0.05, 0) is 154 Å². The summed E-state index contributed by atoms with van der Waals surface area (Å²) in [7, 11) is -9.97. The van der Waals surface area contributed by atoms with E-state index in [4.69, 9.17) is 37.0 Å². The Morgan fingerprint density at radius 3 is 0.890 bits per heavy atom. The van der Waals surface area contributed by atoms with E-state index in [-0.39, 0.29) is 25.7 Å². The first-order valence-corrected chi connectivity index (χ1v) is 41.8. The lowest BCUT2D eigenvalue weighted by Crippen LogP contribution is -2.30. The summed E-state index contributed by atoms with van der Waals surface area (Å²) in [5, 5.41) is 10.6. The minimum Gasteiger partial charge on any atom is -0.462 e. The molecule has 100 heavy (non-hydrogen) atoms. The average Bonchev–Trinajstić information content (AvgIpc) is 0.936. The molecule has 574 valence electrons. The van der Waals surface area contributed by atoms with E-state index >= 15 is 0 Å². The number of hydrogen-bond donors (Lipinski definition) is 3. The van der Waals surface area contributed by atoms with Gasteiger partial charge in [-0.2, -0.15) is 0 Å². The molecule has 19 heteroatoms. The Balaban J connectivity index is 5.38. The standard InChI is InChI=1S/C81H138O17P2/c1-5-9-13-17-21-25-29-33-35-36-37-38-40-44-46-50-54-58-62-66-79(84)92-72-77(98-81(86)68-64-60-56-52-48-42-32-28-24-20-16-12-8-4)74-96-100(89,90)94-70-75(82)69-93-99(87,88)95-73-76(97-80(85)67-63-59-55-51-47-41-31-27-23-19-15-11-7-3)71-91-78(83)65-61-57-53-49-45-43-39-34-30-26-22-18-14-10-6-2/h10,14,16,20-22,25-28,31-35,37-39,45,49,75-77,82H,5-9,11-13,15,17-19,23-24,29-30,36,40-44,46-48,50-74H2,1-4H3,(H,87,88)(H,89,90)/b14-10-,20-16-,25-21-,26-22-,31-27-,32-28-,35-33-,38-37-,39-34-,49-45-.